The van der Waals surface area contributed by atoms with Gasteiger partial charge in [-0.1, -0.05) is 15.9 Å². The molecule has 0 atom stereocenters. The van der Waals surface area contributed by atoms with Gasteiger partial charge in [-0.15, -0.1) is 0 Å². The Bertz CT molecular complexity index is 1020. The number of amides is 1. The van der Waals surface area contributed by atoms with E-state index in [4.69, 9.17) is 4.74 Å². The lowest BCUT2D eigenvalue weighted by molar-refractivity contribution is 0.0383. The summed E-state index contributed by atoms with van der Waals surface area (Å²) in [4.78, 5) is 19.9. The number of nitrogens with one attached hydrogen (secondary N) is 1. The van der Waals surface area contributed by atoms with Crippen LogP contribution in [0.15, 0.2) is 53.0 Å². The molecule has 1 aliphatic rings. The van der Waals surface area contributed by atoms with Crippen LogP contribution < -0.4 is 5.32 Å². The maximum atomic E-state index is 13.3. The highest BCUT2D eigenvalue weighted by Crippen LogP contribution is 2.27. The molecule has 2 aromatic carbocycles. The van der Waals surface area contributed by atoms with E-state index in [9.17, 15) is 9.18 Å². The molecule has 3 aromatic rings. The number of pyridine rings is 1. The second kappa shape index (κ2) is 8.98. The number of carbonyl (C=O) groups is 1. The Morgan fingerprint density at radius 1 is 1.14 bits per heavy atom. The smallest absolute Gasteiger partial charge is 0.252 e. The first kappa shape index (κ1) is 19.9. The molecule has 5 nitrogen and oxygen atoms in total. The molecule has 150 valence electrons. The van der Waals surface area contributed by atoms with Gasteiger partial charge in [-0.05, 0) is 48.5 Å². The van der Waals surface area contributed by atoms with E-state index in [1.807, 2.05) is 18.2 Å². The molecule has 0 radical (unpaired) electrons. The summed E-state index contributed by atoms with van der Waals surface area (Å²) in [7, 11) is 0. The first-order valence-corrected chi connectivity index (χ1v) is 10.3. The number of morpholine rings is 1. The Hall–Kier alpha value is -2.35. The van der Waals surface area contributed by atoms with Crippen molar-refractivity contribution < 1.29 is 13.9 Å². The van der Waals surface area contributed by atoms with Gasteiger partial charge in [0.15, 0.2) is 0 Å². The molecule has 2 heterocycles. The summed E-state index contributed by atoms with van der Waals surface area (Å²) in [6.07, 6.45) is 0. The van der Waals surface area contributed by atoms with Crippen LogP contribution in [0.5, 0.6) is 0 Å². The van der Waals surface area contributed by atoms with E-state index < -0.39 is 0 Å². The molecule has 0 unspecified atom stereocenters. The van der Waals surface area contributed by atoms with Gasteiger partial charge in [0.25, 0.3) is 5.91 Å². The van der Waals surface area contributed by atoms with E-state index in [2.05, 4.69) is 31.1 Å². The maximum Gasteiger partial charge on any atom is 0.252 e. The van der Waals surface area contributed by atoms with Crippen LogP contribution >= 0.6 is 15.9 Å². The predicted octanol–water partition coefficient (Wildman–Crippen LogP) is 3.87. The first-order chi connectivity index (χ1) is 14.1. The highest BCUT2D eigenvalue weighted by Gasteiger charge is 2.16. The average Bonchev–Trinajstić information content (AvgIpc) is 2.74. The molecule has 1 N–H and O–H groups in total. The summed E-state index contributed by atoms with van der Waals surface area (Å²) >= 11 is 3.47. The van der Waals surface area contributed by atoms with E-state index in [1.54, 1.807) is 18.2 Å². The third kappa shape index (κ3) is 4.80. The van der Waals surface area contributed by atoms with Gasteiger partial charge in [-0.3, -0.25) is 9.69 Å². The average molecular weight is 458 g/mol. The summed E-state index contributed by atoms with van der Waals surface area (Å²) in [5.41, 5.74) is 2.67. The lowest BCUT2D eigenvalue weighted by Gasteiger charge is -2.26. The van der Waals surface area contributed by atoms with Crippen LogP contribution in [-0.4, -0.2) is 55.2 Å². The minimum atomic E-state index is -0.306. The van der Waals surface area contributed by atoms with Gasteiger partial charge in [0.1, 0.15) is 5.82 Å². The topological polar surface area (TPSA) is 54.5 Å². The molecule has 1 aromatic heterocycles. The zero-order chi connectivity index (χ0) is 20.2. The van der Waals surface area contributed by atoms with Crippen molar-refractivity contribution in [1.82, 2.24) is 15.2 Å². The van der Waals surface area contributed by atoms with Gasteiger partial charge in [0.2, 0.25) is 0 Å². The van der Waals surface area contributed by atoms with Crippen molar-refractivity contribution in [2.24, 2.45) is 0 Å². The number of halogens is 2. The summed E-state index contributed by atoms with van der Waals surface area (Å²) in [5.74, 6) is -0.452. The quantitative estimate of drug-likeness (QED) is 0.631. The number of hydrogen-bond acceptors (Lipinski definition) is 4. The van der Waals surface area contributed by atoms with Crippen LogP contribution in [0.3, 0.4) is 0 Å². The summed E-state index contributed by atoms with van der Waals surface area (Å²) in [6, 6.07) is 13.6. The number of carbonyl (C=O) groups excluding carboxylic acids is 1. The second-order valence-electron chi connectivity index (χ2n) is 6.93. The summed E-state index contributed by atoms with van der Waals surface area (Å²) < 4.78 is 19.5. The third-order valence-corrected chi connectivity index (χ3v) is 5.47. The highest BCUT2D eigenvalue weighted by molar-refractivity contribution is 9.10. The van der Waals surface area contributed by atoms with Crippen molar-refractivity contribution >= 4 is 32.7 Å². The number of ether oxygens (including phenoxy) is 1. The number of rotatable bonds is 5. The molecule has 7 heteroatoms. The minimum absolute atomic E-state index is 0.146. The van der Waals surface area contributed by atoms with Gasteiger partial charge in [-0.2, -0.15) is 0 Å². The molecule has 0 spiro atoms. The molecule has 0 bridgehead atoms. The minimum Gasteiger partial charge on any atom is -0.379 e. The lowest BCUT2D eigenvalue weighted by atomic mass is 10.0. The Balaban J connectivity index is 1.61. The fourth-order valence-electron chi connectivity index (χ4n) is 3.40. The highest BCUT2D eigenvalue weighted by atomic mass is 79.9. The normalized spacial score (nSPS) is 14.8. The largest absolute Gasteiger partial charge is 0.379 e. The zero-order valence-electron chi connectivity index (χ0n) is 15.8. The summed E-state index contributed by atoms with van der Waals surface area (Å²) in [6.45, 7) is 4.58. The van der Waals surface area contributed by atoms with Gasteiger partial charge in [-0.25, -0.2) is 9.37 Å². The zero-order valence-corrected chi connectivity index (χ0v) is 17.4. The van der Waals surface area contributed by atoms with Gasteiger partial charge >= 0.3 is 0 Å². The number of nitrogens with zero attached hydrogens (tertiary/aromatic N) is 2. The van der Waals surface area contributed by atoms with Crippen molar-refractivity contribution in [2.45, 2.75) is 0 Å². The SMILES string of the molecule is O=C(NCCN1CCOCC1)c1cc(-c2ccc(F)cc2)nc2ccc(Br)cc12. The first-order valence-electron chi connectivity index (χ1n) is 9.55. The fourth-order valence-corrected chi connectivity index (χ4v) is 3.76. The molecule has 1 aliphatic heterocycles. The van der Waals surface area contributed by atoms with Crippen molar-refractivity contribution in [2.75, 3.05) is 39.4 Å². The number of hydrogen-bond donors (Lipinski definition) is 1. The standard InChI is InChI=1S/C22H21BrFN3O2/c23-16-3-6-20-18(13-16)19(14-21(26-20)15-1-4-17(24)5-2-15)22(28)25-7-8-27-9-11-29-12-10-27/h1-6,13-14H,7-12H2,(H,25,28). The van der Waals surface area contributed by atoms with Gasteiger partial charge in [0.05, 0.1) is 30.0 Å². The van der Waals surface area contributed by atoms with Crippen molar-refractivity contribution in [1.29, 1.82) is 0 Å². The van der Waals surface area contributed by atoms with E-state index in [0.29, 0.717) is 23.3 Å². The molecule has 1 amide bonds. The Labute approximate surface area is 177 Å². The van der Waals surface area contributed by atoms with Crippen molar-refractivity contribution in [3.8, 4) is 11.3 Å². The monoisotopic (exact) mass is 457 g/mol. The maximum absolute atomic E-state index is 13.3. The Kier molecular flexibility index (Phi) is 6.18. The van der Waals surface area contributed by atoms with Crippen LogP contribution in [-0.2, 0) is 4.74 Å². The molecule has 0 saturated carbocycles. The van der Waals surface area contributed by atoms with Crippen molar-refractivity contribution in [3.63, 3.8) is 0 Å². The van der Waals surface area contributed by atoms with Gasteiger partial charge < -0.3 is 10.1 Å². The van der Waals surface area contributed by atoms with Crippen LogP contribution in [0.1, 0.15) is 10.4 Å². The van der Waals surface area contributed by atoms with E-state index in [0.717, 1.165) is 48.3 Å². The molecule has 4 rings (SSSR count). The molecule has 1 fully saturated rings. The third-order valence-electron chi connectivity index (χ3n) is 4.97. The predicted molar refractivity (Wildman–Crippen MR) is 114 cm³/mol. The number of aromatic nitrogens is 1. The number of fused-ring (bicyclic) bond motifs is 1. The van der Waals surface area contributed by atoms with E-state index >= 15 is 0 Å². The molecule has 29 heavy (non-hydrogen) atoms. The van der Waals surface area contributed by atoms with Crippen LogP contribution in [0.4, 0.5) is 4.39 Å². The second-order valence-corrected chi connectivity index (χ2v) is 7.85. The summed E-state index contributed by atoms with van der Waals surface area (Å²) in [5, 5.41) is 3.79. The molecular weight excluding hydrogens is 437 g/mol. The Morgan fingerprint density at radius 2 is 1.90 bits per heavy atom. The van der Waals surface area contributed by atoms with Crippen LogP contribution in [0.25, 0.3) is 22.2 Å². The van der Waals surface area contributed by atoms with Crippen LogP contribution in [0.2, 0.25) is 0 Å². The Morgan fingerprint density at radius 3 is 2.66 bits per heavy atom. The molecule has 0 aliphatic carbocycles. The van der Waals surface area contributed by atoms with Gasteiger partial charge in [0, 0.05) is 41.6 Å². The fraction of sp³-hybridized carbons (Fsp3) is 0.273. The lowest BCUT2D eigenvalue weighted by Crippen LogP contribution is -2.41. The number of benzene rings is 2. The van der Waals surface area contributed by atoms with E-state index in [-0.39, 0.29) is 11.7 Å². The van der Waals surface area contributed by atoms with Crippen molar-refractivity contribution in [3.05, 3.63) is 64.4 Å². The molecular formula is C22H21BrFN3O2. The van der Waals surface area contributed by atoms with E-state index in [1.165, 1.54) is 12.1 Å². The van der Waals surface area contributed by atoms with Crippen LogP contribution in [0, 0.1) is 5.82 Å². The molecule has 1 saturated heterocycles.